The Morgan fingerprint density at radius 2 is 1.91 bits per heavy atom. The molecule has 0 saturated heterocycles. The summed E-state index contributed by atoms with van der Waals surface area (Å²) in [5, 5.41) is 11.9. The van der Waals surface area contributed by atoms with Crippen molar-refractivity contribution < 1.29 is 14.6 Å². The van der Waals surface area contributed by atoms with Crippen LogP contribution in [-0.2, 0) is 6.61 Å². The van der Waals surface area contributed by atoms with Gasteiger partial charge in [-0.3, -0.25) is 0 Å². The van der Waals surface area contributed by atoms with Crippen molar-refractivity contribution in [3.63, 3.8) is 0 Å². The van der Waals surface area contributed by atoms with Crippen molar-refractivity contribution >= 4 is 17.3 Å². The second-order valence-electron chi connectivity index (χ2n) is 5.08. The van der Waals surface area contributed by atoms with Gasteiger partial charge in [0.25, 0.3) is 0 Å². The zero-order valence-corrected chi connectivity index (χ0v) is 13.3. The van der Waals surface area contributed by atoms with Gasteiger partial charge in [0.15, 0.2) is 0 Å². The molecule has 116 valence electrons. The van der Waals surface area contributed by atoms with Gasteiger partial charge in [-0.25, -0.2) is 9.78 Å². The molecule has 0 spiro atoms. The summed E-state index contributed by atoms with van der Waals surface area (Å²) in [5.41, 5.74) is 3.32. The fourth-order valence-corrected chi connectivity index (χ4v) is 2.86. The predicted molar refractivity (Wildman–Crippen MR) is 90.0 cm³/mol. The average Bonchev–Trinajstić information content (AvgIpc) is 3.03. The lowest BCUT2D eigenvalue weighted by Gasteiger charge is -2.07. The molecule has 1 heterocycles. The van der Waals surface area contributed by atoms with Crippen LogP contribution < -0.4 is 4.74 Å². The Morgan fingerprint density at radius 1 is 1.17 bits per heavy atom. The van der Waals surface area contributed by atoms with E-state index in [0.29, 0.717) is 5.75 Å². The molecule has 0 bridgehead atoms. The van der Waals surface area contributed by atoms with Gasteiger partial charge in [-0.1, -0.05) is 42.0 Å². The molecular weight excluding hydrogens is 310 g/mol. The summed E-state index contributed by atoms with van der Waals surface area (Å²) in [6, 6.07) is 14.8. The van der Waals surface area contributed by atoms with E-state index in [4.69, 9.17) is 9.84 Å². The zero-order valence-electron chi connectivity index (χ0n) is 12.5. The fourth-order valence-electron chi connectivity index (χ4n) is 2.14. The molecule has 1 N–H and O–H groups in total. The molecule has 3 rings (SSSR count). The first kappa shape index (κ1) is 15.2. The largest absolute Gasteiger partial charge is 0.486 e. The third kappa shape index (κ3) is 3.57. The molecule has 0 radical (unpaired) electrons. The van der Waals surface area contributed by atoms with Crippen LogP contribution in [0.3, 0.4) is 0 Å². The molecule has 0 aliphatic rings. The summed E-state index contributed by atoms with van der Waals surface area (Å²) in [7, 11) is 0. The van der Waals surface area contributed by atoms with Crippen molar-refractivity contribution in [3.05, 3.63) is 70.0 Å². The van der Waals surface area contributed by atoms with Crippen molar-refractivity contribution in [2.75, 3.05) is 0 Å². The molecule has 0 amide bonds. The van der Waals surface area contributed by atoms with Crippen LogP contribution in [-0.4, -0.2) is 16.1 Å². The number of benzene rings is 2. The average molecular weight is 325 g/mol. The van der Waals surface area contributed by atoms with E-state index in [2.05, 4.69) is 4.98 Å². The molecule has 0 atom stereocenters. The Kier molecular flexibility index (Phi) is 4.39. The molecule has 1 aromatic heterocycles. The minimum Gasteiger partial charge on any atom is -0.486 e. The van der Waals surface area contributed by atoms with Gasteiger partial charge in [0.1, 0.15) is 22.9 Å². The predicted octanol–water partition coefficient (Wildman–Crippen LogP) is 4.40. The van der Waals surface area contributed by atoms with Crippen LogP contribution >= 0.6 is 11.3 Å². The summed E-state index contributed by atoms with van der Waals surface area (Å²) in [6.45, 7) is 2.30. The van der Waals surface area contributed by atoms with E-state index in [1.165, 1.54) is 23.0 Å². The van der Waals surface area contributed by atoms with Crippen molar-refractivity contribution in [1.29, 1.82) is 0 Å². The highest BCUT2D eigenvalue weighted by Gasteiger charge is 2.11. The normalized spacial score (nSPS) is 10.5. The molecule has 0 unspecified atom stereocenters. The van der Waals surface area contributed by atoms with Crippen LogP contribution in [0, 0.1) is 6.92 Å². The van der Waals surface area contributed by atoms with Crippen molar-refractivity contribution in [2.45, 2.75) is 13.5 Å². The van der Waals surface area contributed by atoms with Crippen molar-refractivity contribution in [3.8, 4) is 17.0 Å². The Labute approximate surface area is 138 Å². The number of carbonyl (C=O) groups is 1. The van der Waals surface area contributed by atoms with Gasteiger partial charge in [0.05, 0.1) is 5.69 Å². The van der Waals surface area contributed by atoms with Gasteiger partial charge >= 0.3 is 5.97 Å². The van der Waals surface area contributed by atoms with Crippen molar-refractivity contribution in [1.82, 2.24) is 4.98 Å². The van der Waals surface area contributed by atoms with E-state index in [9.17, 15) is 4.79 Å². The van der Waals surface area contributed by atoms with Crippen molar-refractivity contribution in [2.24, 2.45) is 0 Å². The minimum absolute atomic E-state index is 0.155. The van der Waals surface area contributed by atoms with Crippen LogP contribution in [0.15, 0.2) is 53.9 Å². The second kappa shape index (κ2) is 6.62. The van der Waals surface area contributed by atoms with E-state index >= 15 is 0 Å². The van der Waals surface area contributed by atoms with Gasteiger partial charge < -0.3 is 9.84 Å². The lowest BCUT2D eigenvalue weighted by molar-refractivity contribution is 0.0691. The maximum absolute atomic E-state index is 11.2. The molecule has 4 nitrogen and oxygen atoms in total. The number of carboxylic acid groups (broad SMARTS) is 1. The minimum atomic E-state index is -1.000. The maximum Gasteiger partial charge on any atom is 0.339 e. The number of hydrogen-bond acceptors (Lipinski definition) is 4. The number of rotatable bonds is 5. The Hall–Kier alpha value is -2.66. The first-order chi connectivity index (χ1) is 11.1. The molecular formula is C18H15NO3S. The number of ether oxygens (including phenoxy) is 1. The Balaban J connectivity index is 1.73. The third-order valence-corrected chi connectivity index (χ3v) is 4.19. The van der Waals surface area contributed by atoms with E-state index in [-0.39, 0.29) is 12.2 Å². The van der Waals surface area contributed by atoms with E-state index < -0.39 is 5.97 Å². The number of thiazole rings is 1. The molecule has 5 heteroatoms. The van der Waals surface area contributed by atoms with Crippen LogP contribution in [0.2, 0.25) is 0 Å². The van der Waals surface area contributed by atoms with Crippen LogP contribution in [0.5, 0.6) is 5.75 Å². The maximum atomic E-state index is 11.2. The highest BCUT2D eigenvalue weighted by atomic mass is 32.1. The van der Waals surface area contributed by atoms with Gasteiger partial charge in [0.2, 0.25) is 0 Å². The summed E-state index contributed by atoms with van der Waals surface area (Å²) >= 11 is 1.50. The molecule has 0 aliphatic carbocycles. The quantitative estimate of drug-likeness (QED) is 0.755. The summed E-state index contributed by atoms with van der Waals surface area (Å²) in [4.78, 5) is 15.7. The lowest BCUT2D eigenvalue weighted by Crippen LogP contribution is -2.03. The van der Waals surface area contributed by atoms with Crippen LogP contribution in [0.4, 0.5) is 0 Å². The van der Waals surface area contributed by atoms with Gasteiger partial charge in [-0.05, 0) is 19.1 Å². The number of carboxylic acids is 1. The number of para-hydroxylation sites is 1. The number of aromatic carboxylic acids is 1. The molecule has 2 aromatic carbocycles. The van der Waals surface area contributed by atoms with E-state index in [1.54, 1.807) is 18.2 Å². The summed E-state index contributed by atoms with van der Waals surface area (Å²) in [6.07, 6.45) is 0. The summed E-state index contributed by atoms with van der Waals surface area (Å²) < 4.78 is 5.62. The first-order valence-electron chi connectivity index (χ1n) is 7.10. The third-order valence-electron chi connectivity index (χ3n) is 3.37. The standard InChI is InChI=1S/C18H15NO3S/c1-12-6-8-13(9-7-12)15-11-23-17(19-15)10-22-16-5-3-2-4-14(16)18(20)21/h2-9,11H,10H2,1H3,(H,20,21). The fraction of sp³-hybridized carbons (Fsp3) is 0.111. The Bertz CT molecular complexity index is 824. The zero-order chi connectivity index (χ0) is 16.2. The lowest BCUT2D eigenvalue weighted by atomic mass is 10.1. The van der Waals surface area contributed by atoms with Gasteiger partial charge in [-0.15, -0.1) is 11.3 Å². The molecule has 0 saturated carbocycles. The SMILES string of the molecule is Cc1ccc(-c2csc(COc3ccccc3C(=O)O)n2)cc1. The molecule has 0 aliphatic heterocycles. The number of nitrogens with zero attached hydrogens (tertiary/aromatic N) is 1. The Morgan fingerprint density at radius 3 is 2.65 bits per heavy atom. The topological polar surface area (TPSA) is 59.4 Å². The van der Waals surface area contributed by atoms with Crippen LogP contribution in [0.1, 0.15) is 20.9 Å². The number of hydrogen-bond donors (Lipinski definition) is 1. The first-order valence-corrected chi connectivity index (χ1v) is 7.98. The second-order valence-corrected chi connectivity index (χ2v) is 6.03. The highest BCUT2D eigenvalue weighted by Crippen LogP contribution is 2.24. The smallest absolute Gasteiger partial charge is 0.339 e. The molecule has 3 aromatic rings. The molecule has 0 fully saturated rings. The van der Waals surface area contributed by atoms with Gasteiger partial charge in [-0.2, -0.15) is 0 Å². The van der Waals surface area contributed by atoms with E-state index in [0.717, 1.165) is 16.3 Å². The highest BCUT2D eigenvalue weighted by molar-refractivity contribution is 7.09. The number of aromatic nitrogens is 1. The van der Waals surface area contributed by atoms with Gasteiger partial charge in [0, 0.05) is 10.9 Å². The summed E-state index contributed by atoms with van der Waals surface area (Å²) in [5.74, 6) is -0.646. The molecule has 23 heavy (non-hydrogen) atoms. The number of aryl methyl sites for hydroxylation is 1. The van der Waals surface area contributed by atoms with E-state index in [1.807, 2.05) is 36.6 Å². The van der Waals surface area contributed by atoms with Crippen LogP contribution in [0.25, 0.3) is 11.3 Å². The monoisotopic (exact) mass is 325 g/mol.